The monoisotopic (exact) mass is 430 g/mol. The quantitative estimate of drug-likeness (QED) is 0.416. The van der Waals surface area contributed by atoms with Crippen molar-refractivity contribution in [1.82, 2.24) is 4.90 Å². The summed E-state index contributed by atoms with van der Waals surface area (Å²) in [5, 5.41) is 20.4. The largest absolute Gasteiger partial charge is 0.465 e. The van der Waals surface area contributed by atoms with Gasteiger partial charge in [-0.2, -0.15) is 0 Å². The van der Waals surface area contributed by atoms with Crippen LogP contribution in [0.15, 0.2) is 52.3 Å². The van der Waals surface area contributed by atoms with Crippen LogP contribution in [-0.4, -0.2) is 46.7 Å². The Hall–Kier alpha value is -2.94. The molecule has 9 heteroatoms. The third-order valence-corrected chi connectivity index (χ3v) is 6.26. The zero-order valence-corrected chi connectivity index (χ0v) is 18.1. The molecule has 0 aromatic heterocycles. The van der Waals surface area contributed by atoms with Gasteiger partial charge in [0.25, 0.3) is 5.69 Å². The van der Waals surface area contributed by atoms with Gasteiger partial charge in [0.2, 0.25) is 0 Å². The summed E-state index contributed by atoms with van der Waals surface area (Å²) in [5.41, 5.74) is 6.70. The minimum absolute atomic E-state index is 0.0939. The Kier molecular flexibility index (Phi) is 6.12. The zero-order valence-electron chi connectivity index (χ0n) is 17.2. The van der Waals surface area contributed by atoms with Gasteiger partial charge in [-0.15, -0.1) is 0 Å². The molecular formula is C21H26N4O4S. The number of nitrogen functional groups attached to an aromatic ring is 1. The lowest BCUT2D eigenvalue weighted by Gasteiger charge is -2.46. The number of nitrogens with two attached hydrogens (primary N) is 1. The molecule has 0 saturated carbocycles. The van der Waals surface area contributed by atoms with Crippen molar-refractivity contribution in [1.29, 1.82) is 0 Å². The van der Waals surface area contributed by atoms with Gasteiger partial charge in [-0.25, -0.2) is 4.79 Å². The van der Waals surface area contributed by atoms with Gasteiger partial charge in [-0.05, 0) is 41.8 Å². The van der Waals surface area contributed by atoms with Crippen LogP contribution < -0.4 is 10.6 Å². The molecule has 3 rings (SSSR count). The summed E-state index contributed by atoms with van der Waals surface area (Å²) in [4.78, 5) is 27.6. The van der Waals surface area contributed by atoms with Crippen LogP contribution in [0.3, 0.4) is 0 Å². The highest BCUT2D eigenvalue weighted by atomic mass is 32.2. The second kappa shape index (κ2) is 8.43. The van der Waals surface area contributed by atoms with Crippen LogP contribution in [0.2, 0.25) is 0 Å². The molecule has 0 bridgehead atoms. The molecule has 30 heavy (non-hydrogen) atoms. The first-order valence-corrected chi connectivity index (χ1v) is 10.4. The number of carbonyl (C=O) groups is 1. The first kappa shape index (κ1) is 21.8. The summed E-state index contributed by atoms with van der Waals surface area (Å²) in [6.07, 6.45) is -0.872. The highest BCUT2D eigenvalue weighted by Crippen LogP contribution is 2.34. The van der Waals surface area contributed by atoms with Crippen molar-refractivity contribution in [3.8, 4) is 0 Å². The molecule has 1 aliphatic heterocycles. The summed E-state index contributed by atoms with van der Waals surface area (Å²) in [6, 6.07) is 12.6. The molecule has 1 fully saturated rings. The van der Waals surface area contributed by atoms with Crippen LogP contribution in [0, 0.1) is 15.5 Å². The molecule has 1 aliphatic rings. The number of nitro groups is 1. The third-order valence-electron chi connectivity index (χ3n) is 5.26. The SMILES string of the molecule is CC(C)(C)C1CN(c2ccc(Sc3ccc([N+](=O)[O-])c(N)c3)cc2)CCN1C(=O)O. The van der Waals surface area contributed by atoms with Gasteiger partial charge in [0.1, 0.15) is 5.69 Å². The summed E-state index contributed by atoms with van der Waals surface area (Å²) in [7, 11) is 0. The van der Waals surface area contributed by atoms with E-state index in [2.05, 4.69) is 25.7 Å². The average Bonchev–Trinajstić information content (AvgIpc) is 2.67. The van der Waals surface area contributed by atoms with Crippen LogP contribution in [-0.2, 0) is 0 Å². The highest BCUT2D eigenvalue weighted by molar-refractivity contribution is 7.99. The number of hydrogen-bond acceptors (Lipinski definition) is 6. The van der Waals surface area contributed by atoms with Crippen molar-refractivity contribution in [3.63, 3.8) is 0 Å². The Balaban J connectivity index is 1.72. The van der Waals surface area contributed by atoms with E-state index in [4.69, 9.17) is 5.73 Å². The number of hydrogen-bond donors (Lipinski definition) is 2. The lowest BCUT2D eigenvalue weighted by atomic mass is 9.84. The number of nitrogens with zero attached hydrogens (tertiary/aromatic N) is 3. The van der Waals surface area contributed by atoms with E-state index in [9.17, 15) is 20.0 Å². The summed E-state index contributed by atoms with van der Waals surface area (Å²) >= 11 is 1.48. The highest BCUT2D eigenvalue weighted by Gasteiger charge is 2.38. The molecule has 1 unspecified atom stereocenters. The van der Waals surface area contributed by atoms with E-state index < -0.39 is 11.0 Å². The molecule has 3 N–H and O–H groups in total. The normalized spacial score (nSPS) is 17.1. The van der Waals surface area contributed by atoms with Crippen LogP contribution in [0.25, 0.3) is 0 Å². The predicted octanol–water partition coefficient (Wildman–Crippen LogP) is 4.54. The first-order valence-electron chi connectivity index (χ1n) is 9.62. The van der Waals surface area contributed by atoms with E-state index in [0.29, 0.717) is 19.6 Å². The Labute approximate surface area is 179 Å². The van der Waals surface area contributed by atoms with Crippen LogP contribution in [0.1, 0.15) is 20.8 Å². The van der Waals surface area contributed by atoms with Crippen molar-refractivity contribution in [2.24, 2.45) is 5.41 Å². The van der Waals surface area contributed by atoms with Crippen LogP contribution in [0.4, 0.5) is 21.9 Å². The van der Waals surface area contributed by atoms with E-state index in [-0.39, 0.29) is 22.8 Å². The van der Waals surface area contributed by atoms with Crippen molar-refractivity contribution >= 4 is 34.9 Å². The van der Waals surface area contributed by atoms with E-state index >= 15 is 0 Å². The Morgan fingerprint density at radius 2 is 1.80 bits per heavy atom. The van der Waals surface area contributed by atoms with Crippen LogP contribution in [0.5, 0.6) is 0 Å². The van der Waals surface area contributed by atoms with E-state index in [0.717, 1.165) is 15.5 Å². The van der Waals surface area contributed by atoms with E-state index in [1.54, 1.807) is 17.0 Å². The van der Waals surface area contributed by atoms with Crippen molar-refractivity contribution in [3.05, 3.63) is 52.6 Å². The van der Waals surface area contributed by atoms with Crippen molar-refractivity contribution in [2.75, 3.05) is 30.3 Å². The van der Waals surface area contributed by atoms with E-state index in [1.165, 1.54) is 17.8 Å². The lowest BCUT2D eigenvalue weighted by molar-refractivity contribution is -0.383. The van der Waals surface area contributed by atoms with Gasteiger partial charge >= 0.3 is 6.09 Å². The molecule has 0 aliphatic carbocycles. The van der Waals surface area contributed by atoms with Crippen LogP contribution >= 0.6 is 11.8 Å². The lowest BCUT2D eigenvalue weighted by Crippen LogP contribution is -2.59. The second-order valence-electron chi connectivity index (χ2n) is 8.38. The van der Waals surface area contributed by atoms with Crippen molar-refractivity contribution < 1.29 is 14.8 Å². The molecule has 1 heterocycles. The maximum absolute atomic E-state index is 11.6. The minimum Gasteiger partial charge on any atom is -0.465 e. The number of benzene rings is 2. The topological polar surface area (TPSA) is 113 Å². The Morgan fingerprint density at radius 3 is 2.33 bits per heavy atom. The summed E-state index contributed by atoms with van der Waals surface area (Å²) in [6.45, 7) is 7.94. The molecular weight excluding hydrogens is 404 g/mol. The molecule has 2 aromatic carbocycles. The standard InChI is InChI=1S/C21H26N4O4S/c1-21(2,3)19-13-23(10-11-24(19)20(26)27)14-4-6-15(7-5-14)30-16-8-9-18(25(28)29)17(22)12-16/h4-9,12,19H,10-11,13,22H2,1-3H3,(H,26,27). The van der Waals surface area contributed by atoms with Gasteiger partial charge < -0.3 is 20.6 Å². The first-order chi connectivity index (χ1) is 14.1. The Morgan fingerprint density at radius 1 is 1.17 bits per heavy atom. The molecule has 2 aromatic rings. The molecule has 0 spiro atoms. The molecule has 1 saturated heterocycles. The smallest absolute Gasteiger partial charge is 0.407 e. The molecule has 1 atom stereocenters. The fraction of sp³-hybridized carbons (Fsp3) is 0.381. The van der Waals surface area contributed by atoms with Gasteiger partial charge in [0, 0.05) is 41.2 Å². The maximum atomic E-state index is 11.6. The average molecular weight is 431 g/mol. The molecule has 8 nitrogen and oxygen atoms in total. The minimum atomic E-state index is -0.872. The fourth-order valence-electron chi connectivity index (χ4n) is 3.61. The van der Waals surface area contributed by atoms with Gasteiger partial charge in [0.05, 0.1) is 11.0 Å². The zero-order chi connectivity index (χ0) is 22.1. The number of piperazine rings is 1. The summed E-state index contributed by atoms with van der Waals surface area (Å²) in [5.74, 6) is 0. The molecule has 0 radical (unpaired) electrons. The molecule has 160 valence electrons. The van der Waals surface area contributed by atoms with E-state index in [1.807, 2.05) is 24.3 Å². The summed E-state index contributed by atoms with van der Waals surface area (Å²) < 4.78 is 0. The number of anilines is 2. The van der Waals surface area contributed by atoms with Gasteiger partial charge in [0.15, 0.2) is 0 Å². The predicted molar refractivity (Wildman–Crippen MR) is 118 cm³/mol. The third kappa shape index (κ3) is 4.79. The number of nitro benzene ring substituents is 1. The van der Waals surface area contributed by atoms with Gasteiger partial charge in [-0.3, -0.25) is 10.1 Å². The second-order valence-corrected chi connectivity index (χ2v) is 9.52. The number of carboxylic acid groups (broad SMARTS) is 1. The Bertz CT molecular complexity index is 943. The fourth-order valence-corrected chi connectivity index (χ4v) is 4.48. The van der Waals surface area contributed by atoms with Gasteiger partial charge in [-0.1, -0.05) is 32.5 Å². The number of amides is 1. The number of rotatable bonds is 4. The maximum Gasteiger partial charge on any atom is 0.407 e. The van der Waals surface area contributed by atoms with Crippen molar-refractivity contribution in [2.45, 2.75) is 36.6 Å². The molecule has 1 amide bonds.